The number of benzene rings is 1. The lowest BCUT2D eigenvalue weighted by atomic mass is 9.99. The lowest BCUT2D eigenvalue weighted by Crippen LogP contribution is -1.92. The van der Waals surface area contributed by atoms with E-state index in [-0.39, 0.29) is 0 Å². The Labute approximate surface area is 99.7 Å². The molecule has 16 heavy (non-hydrogen) atoms. The van der Waals surface area contributed by atoms with Crippen molar-refractivity contribution in [3.63, 3.8) is 0 Å². The highest BCUT2D eigenvalue weighted by atomic mass is 14.0. The third-order valence-corrected chi connectivity index (χ3v) is 2.82. The Hall–Kier alpha value is -1.30. The molecule has 1 unspecified atom stereocenters. The molecule has 0 aromatic heterocycles. The molecule has 86 valence electrons. The van der Waals surface area contributed by atoms with Crippen molar-refractivity contribution < 1.29 is 0 Å². The van der Waals surface area contributed by atoms with E-state index in [0.29, 0.717) is 5.92 Å². The molecule has 1 atom stereocenters. The van der Waals surface area contributed by atoms with Gasteiger partial charge in [0.2, 0.25) is 0 Å². The standard InChI is InChI=1S/C16H22/c1-4-7-15(5-2)8-6-9-16-12-10-14(3)11-13-16/h5-6,9-13,15H,2,4,7-8H2,1,3H3/b9-6+. The van der Waals surface area contributed by atoms with Gasteiger partial charge in [0.1, 0.15) is 0 Å². The maximum Gasteiger partial charge on any atom is -0.0202 e. The highest BCUT2D eigenvalue weighted by Crippen LogP contribution is 2.14. The molecule has 0 saturated heterocycles. The molecule has 0 N–H and O–H groups in total. The lowest BCUT2D eigenvalue weighted by molar-refractivity contribution is 0.590. The Kier molecular flexibility index (Phi) is 5.63. The first-order valence-corrected chi connectivity index (χ1v) is 6.12. The van der Waals surface area contributed by atoms with Gasteiger partial charge in [-0.15, -0.1) is 6.58 Å². The smallest absolute Gasteiger partial charge is 0.0202 e. The fraction of sp³-hybridized carbons (Fsp3) is 0.375. The zero-order chi connectivity index (χ0) is 11.8. The van der Waals surface area contributed by atoms with Gasteiger partial charge in [-0.1, -0.05) is 61.4 Å². The molecule has 0 radical (unpaired) electrons. The molecule has 0 aliphatic rings. The first-order valence-electron chi connectivity index (χ1n) is 6.12. The Morgan fingerprint density at radius 2 is 1.94 bits per heavy atom. The van der Waals surface area contributed by atoms with E-state index in [2.05, 4.69) is 62.9 Å². The SMILES string of the molecule is C=CC(C/C=C/c1ccc(C)cc1)CCC. The van der Waals surface area contributed by atoms with Gasteiger partial charge in [-0.3, -0.25) is 0 Å². The van der Waals surface area contributed by atoms with Gasteiger partial charge < -0.3 is 0 Å². The highest BCUT2D eigenvalue weighted by Gasteiger charge is 1.98. The monoisotopic (exact) mass is 214 g/mol. The van der Waals surface area contributed by atoms with Crippen LogP contribution in [0.3, 0.4) is 0 Å². The molecule has 0 heteroatoms. The van der Waals surface area contributed by atoms with Crippen LogP contribution in [0.5, 0.6) is 0 Å². The quantitative estimate of drug-likeness (QED) is 0.584. The summed E-state index contributed by atoms with van der Waals surface area (Å²) in [7, 11) is 0. The van der Waals surface area contributed by atoms with Crippen LogP contribution in [0.1, 0.15) is 37.3 Å². The summed E-state index contributed by atoms with van der Waals surface area (Å²) in [5.74, 6) is 0.631. The normalized spacial score (nSPS) is 12.9. The van der Waals surface area contributed by atoms with Crippen molar-refractivity contribution in [3.05, 3.63) is 54.1 Å². The zero-order valence-corrected chi connectivity index (χ0v) is 10.4. The van der Waals surface area contributed by atoms with Gasteiger partial charge in [-0.2, -0.15) is 0 Å². The van der Waals surface area contributed by atoms with Crippen LogP contribution in [-0.4, -0.2) is 0 Å². The van der Waals surface area contributed by atoms with E-state index in [0.717, 1.165) is 6.42 Å². The van der Waals surface area contributed by atoms with Crippen LogP contribution in [0.15, 0.2) is 43.0 Å². The second-order valence-electron chi connectivity index (χ2n) is 4.33. The average Bonchev–Trinajstić information content (AvgIpc) is 2.30. The summed E-state index contributed by atoms with van der Waals surface area (Å²) in [5, 5.41) is 0. The van der Waals surface area contributed by atoms with Crippen LogP contribution in [0.25, 0.3) is 6.08 Å². The lowest BCUT2D eigenvalue weighted by Gasteiger charge is -2.06. The first kappa shape index (κ1) is 12.8. The van der Waals surface area contributed by atoms with Crippen molar-refractivity contribution in [2.24, 2.45) is 5.92 Å². The van der Waals surface area contributed by atoms with Crippen molar-refractivity contribution >= 4 is 6.08 Å². The summed E-state index contributed by atoms with van der Waals surface area (Å²) >= 11 is 0. The summed E-state index contributed by atoms with van der Waals surface area (Å²) in [5.41, 5.74) is 2.59. The molecule has 0 spiro atoms. The van der Waals surface area contributed by atoms with E-state index in [1.54, 1.807) is 0 Å². The molecule has 0 aliphatic carbocycles. The minimum atomic E-state index is 0.631. The fourth-order valence-corrected chi connectivity index (χ4v) is 1.76. The summed E-state index contributed by atoms with van der Waals surface area (Å²) in [4.78, 5) is 0. The fourth-order valence-electron chi connectivity index (χ4n) is 1.76. The molecular weight excluding hydrogens is 192 g/mol. The van der Waals surface area contributed by atoms with Crippen molar-refractivity contribution in [1.82, 2.24) is 0 Å². The Morgan fingerprint density at radius 3 is 2.50 bits per heavy atom. The molecule has 1 rings (SSSR count). The third kappa shape index (κ3) is 4.48. The molecule has 0 nitrogen and oxygen atoms in total. The molecule has 1 aromatic carbocycles. The molecular formula is C16H22. The van der Waals surface area contributed by atoms with Crippen LogP contribution in [0.4, 0.5) is 0 Å². The first-order chi connectivity index (χ1) is 7.76. The molecule has 0 amide bonds. The minimum absolute atomic E-state index is 0.631. The molecule has 0 bridgehead atoms. The molecule has 0 fully saturated rings. The summed E-state index contributed by atoms with van der Waals surface area (Å²) < 4.78 is 0. The second kappa shape index (κ2) is 7.05. The van der Waals surface area contributed by atoms with Gasteiger partial charge in [0, 0.05) is 0 Å². The summed E-state index contributed by atoms with van der Waals surface area (Å²) in [6.07, 6.45) is 10.1. The van der Waals surface area contributed by atoms with E-state index < -0.39 is 0 Å². The molecule has 0 saturated carbocycles. The second-order valence-corrected chi connectivity index (χ2v) is 4.33. The van der Waals surface area contributed by atoms with E-state index >= 15 is 0 Å². The third-order valence-electron chi connectivity index (χ3n) is 2.82. The Balaban J connectivity index is 2.47. The van der Waals surface area contributed by atoms with Crippen molar-refractivity contribution in [2.45, 2.75) is 33.1 Å². The van der Waals surface area contributed by atoms with Crippen LogP contribution in [-0.2, 0) is 0 Å². The maximum absolute atomic E-state index is 3.88. The number of hydrogen-bond acceptors (Lipinski definition) is 0. The highest BCUT2D eigenvalue weighted by molar-refractivity contribution is 5.49. The van der Waals surface area contributed by atoms with Gasteiger partial charge in [0.15, 0.2) is 0 Å². The Bertz CT molecular complexity index is 330. The van der Waals surface area contributed by atoms with Gasteiger partial charge in [0.25, 0.3) is 0 Å². The van der Waals surface area contributed by atoms with Crippen LogP contribution in [0.2, 0.25) is 0 Å². The average molecular weight is 214 g/mol. The number of allylic oxidation sites excluding steroid dienone is 2. The van der Waals surface area contributed by atoms with Gasteiger partial charge >= 0.3 is 0 Å². The van der Waals surface area contributed by atoms with Crippen LogP contribution in [0, 0.1) is 12.8 Å². The Morgan fingerprint density at radius 1 is 1.25 bits per heavy atom. The largest absolute Gasteiger partial charge is 0.103 e. The summed E-state index contributed by atoms with van der Waals surface area (Å²) in [6.45, 7) is 8.22. The minimum Gasteiger partial charge on any atom is -0.103 e. The van der Waals surface area contributed by atoms with E-state index in [9.17, 15) is 0 Å². The number of hydrogen-bond donors (Lipinski definition) is 0. The van der Waals surface area contributed by atoms with Crippen LogP contribution >= 0.6 is 0 Å². The van der Waals surface area contributed by atoms with Crippen molar-refractivity contribution in [1.29, 1.82) is 0 Å². The molecule has 0 heterocycles. The van der Waals surface area contributed by atoms with E-state index in [1.165, 1.54) is 24.0 Å². The summed E-state index contributed by atoms with van der Waals surface area (Å²) in [6, 6.07) is 8.62. The van der Waals surface area contributed by atoms with Crippen molar-refractivity contribution in [3.8, 4) is 0 Å². The van der Waals surface area contributed by atoms with E-state index in [4.69, 9.17) is 0 Å². The van der Waals surface area contributed by atoms with Gasteiger partial charge in [-0.25, -0.2) is 0 Å². The molecule has 0 aliphatic heterocycles. The number of rotatable bonds is 6. The predicted octanol–water partition coefficient (Wildman–Crippen LogP) is 5.00. The van der Waals surface area contributed by atoms with E-state index in [1.807, 2.05) is 0 Å². The van der Waals surface area contributed by atoms with Crippen LogP contribution < -0.4 is 0 Å². The maximum atomic E-state index is 3.88. The molecule has 1 aromatic rings. The predicted molar refractivity (Wildman–Crippen MR) is 73.4 cm³/mol. The van der Waals surface area contributed by atoms with Crippen molar-refractivity contribution in [2.75, 3.05) is 0 Å². The topological polar surface area (TPSA) is 0 Å². The van der Waals surface area contributed by atoms with Gasteiger partial charge in [-0.05, 0) is 31.2 Å². The van der Waals surface area contributed by atoms with Gasteiger partial charge in [0.05, 0.1) is 0 Å². The number of aryl methyl sites for hydroxylation is 1. The zero-order valence-electron chi connectivity index (χ0n) is 10.4.